The maximum atomic E-state index is 6.02. The SMILES string of the molecule is C[C@@H](NC1CCc2cc(Cl)ccc21)c1ccco1. The lowest BCUT2D eigenvalue weighted by Crippen LogP contribution is -2.22. The van der Waals surface area contributed by atoms with E-state index in [0.29, 0.717) is 6.04 Å². The van der Waals surface area contributed by atoms with Crippen LogP contribution in [0, 0.1) is 0 Å². The Hall–Kier alpha value is -1.25. The van der Waals surface area contributed by atoms with Crippen molar-refractivity contribution >= 4 is 11.6 Å². The molecule has 0 aliphatic heterocycles. The summed E-state index contributed by atoms with van der Waals surface area (Å²) in [6.07, 6.45) is 3.94. The van der Waals surface area contributed by atoms with Crippen molar-refractivity contribution in [3.63, 3.8) is 0 Å². The minimum absolute atomic E-state index is 0.228. The number of nitrogens with one attached hydrogen (secondary N) is 1. The molecule has 1 N–H and O–H groups in total. The average Bonchev–Trinajstić information content (AvgIpc) is 2.98. The fourth-order valence-corrected chi connectivity index (χ4v) is 2.88. The maximum absolute atomic E-state index is 6.02. The van der Waals surface area contributed by atoms with E-state index in [9.17, 15) is 0 Å². The van der Waals surface area contributed by atoms with Crippen LogP contribution in [-0.4, -0.2) is 0 Å². The van der Waals surface area contributed by atoms with E-state index in [2.05, 4.69) is 24.4 Å². The largest absolute Gasteiger partial charge is 0.468 e. The third-order valence-corrected chi connectivity index (χ3v) is 3.84. The molecule has 1 unspecified atom stereocenters. The highest BCUT2D eigenvalue weighted by molar-refractivity contribution is 6.30. The highest BCUT2D eigenvalue weighted by Gasteiger charge is 2.24. The summed E-state index contributed by atoms with van der Waals surface area (Å²) in [6.45, 7) is 2.13. The number of rotatable bonds is 3. The number of aryl methyl sites for hydroxylation is 1. The standard InChI is InChI=1S/C15H16ClNO/c1-10(15-3-2-8-18-15)17-14-7-4-11-9-12(16)5-6-13(11)14/h2-3,5-6,8-10,14,17H,4,7H2,1H3/t10-,14?/m1/s1. The normalized spacial score (nSPS) is 19.8. The molecule has 3 rings (SSSR count). The molecule has 0 spiro atoms. The van der Waals surface area contributed by atoms with Crippen molar-refractivity contribution in [2.45, 2.75) is 31.8 Å². The molecule has 0 saturated heterocycles. The summed E-state index contributed by atoms with van der Waals surface area (Å²) in [5.74, 6) is 0.984. The Bertz CT molecular complexity index is 535. The van der Waals surface area contributed by atoms with Gasteiger partial charge in [-0.25, -0.2) is 0 Å². The number of furan rings is 1. The van der Waals surface area contributed by atoms with Gasteiger partial charge in [0.15, 0.2) is 0 Å². The van der Waals surface area contributed by atoms with Crippen molar-refractivity contribution in [2.75, 3.05) is 0 Å². The van der Waals surface area contributed by atoms with E-state index in [4.69, 9.17) is 16.0 Å². The van der Waals surface area contributed by atoms with E-state index in [-0.39, 0.29) is 6.04 Å². The van der Waals surface area contributed by atoms with Gasteiger partial charge in [-0.05, 0) is 55.2 Å². The Morgan fingerprint density at radius 3 is 3.06 bits per heavy atom. The predicted molar refractivity (Wildman–Crippen MR) is 72.8 cm³/mol. The molecule has 2 aromatic rings. The molecule has 3 heteroatoms. The van der Waals surface area contributed by atoms with Crippen LogP contribution < -0.4 is 5.32 Å². The Labute approximate surface area is 112 Å². The Kier molecular flexibility index (Phi) is 3.14. The van der Waals surface area contributed by atoms with E-state index >= 15 is 0 Å². The van der Waals surface area contributed by atoms with Crippen LogP contribution in [-0.2, 0) is 6.42 Å². The van der Waals surface area contributed by atoms with E-state index < -0.39 is 0 Å². The lowest BCUT2D eigenvalue weighted by Gasteiger charge is -2.18. The molecule has 1 aliphatic carbocycles. The molecule has 2 nitrogen and oxygen atoms in total. The third kappa shape index (κ3) is 2.18. The molecule has 18 heavy (non-hydrogen) atoms. The van der Waals surface area contributed by atoms with Crippen LogP contribution in [0.5, 0.6) is 0 Å². The second-order valence-electron chi connectivity index (χ2n) is 4.84. The van der Waals surface area contributed by atoms with Gasteiger partial charge in [-0.15, -0.1) is 0 Å². The Balaban J connectivity index is 1.77. The first-order valence-electron chi connectivity index (χ1n) is 6.32. The molecule has 0 amide bonds. The van der Waals surface area contributed by atoms with Gasteiger partial charge in [0.05, 0.1) is 12.3 Å². The zero-order valence-corrected chi connectivity index (χ0v) is 11.1. The van der Waals surface area contributed by atoms with Gasteiger partial charge >= 0.3 is 0 Å². The van der Waals surface area contributed by atoms with Crippen LogP contribution in [0.25, 0.3) is 0 Å². The zero-order valence-electron chi connectivity index (χ0n) is 10.3. The number of benzene rings is 1. The first-order valence-corrected chi connectivity index (χ1v) is 6.69. The monoisotopic (exact) mass is 261 g/mol. The molecule has 0 fully saturated rings. The van der Waals surface area contributed by atoms with Gasteiger partial charge in [0.25, 0.3) is 0 Å². The predicted octanol–water partition coefficient (Wildman–Crippen LogP) is 4.27. The first-order chi connectivity index (χ1) is 8.74. The van der Waals surface area contributed by atoms with Crippen LogP contribution in [0.4, 0.5) is 0 Å². The minimum atomic E-state index is 0.228. The molecule has 0 saturated carbocycles. The van der Waals surface area contributed by atoms with Gasteiger partial charge in [0, 0.05) is 11.1 Å². The van der Waals surface area contributed by atoms with E-state index in [1.54, 1.807) is 6.26 Å². The summed E-state index contributed by atoms with van der Waals surface area (Å²) >= 11 is 6.02. The van der Waals surface area contributed by atoms with Crippen LogP contribution in [0.1, 0.15) is 42.3 Å². The van der Waals surface area contributed by atoms with Gasteiger partial charge in [-0.3, -0.25) is 0 Å². The van der Waals surface area contributed by atoms with Gasteiger partial charge in [-0.1, -0.05) is 17.7 Å². The average molecular weight is 262 g/mol. The highest BCUT2D eigenvalue weighted by atomic mass is 35.5. The molecule has 94 valence electrons. The van der Waals surface area contributed by atoms with Crippen molar-refractivity contribution in [2.24, 2.45) is 0 Å². The zero-order chi connectivity index (χ0) is 12.5. The second kappa shape index (κ2) is 4.79. The Morgan fingerprint density at radius 1 is 1.39 bits per heavy atom. The summed E-state index contributed by atoms with van der Waals surface area (Å²) < 4.78 is 5.43. The van der Waals surface area contributed by atoms with Crippen molar-refractivity contribution in [3.8, 4) is 0 Å². The molecule has 1 aromatic carbocycles. The van der Waals surface area contributed by atoms with Crippen molar-refractivity contribution in [3.05, 3.63) is 58.5 Å². The lowest BCUT2D eigenvalue weighted by molar-refractivity contribution is 0.391. The molecule has 0 radical (unpaired) electrons. The molecule has 1 heterocycles. The van der Waals surface area contributed by atoms with E-state index in [1.165, 1.54) is 11.1 Å². The summed E-state index contributed by atoms with van der Waals surface area (Å²) in [5.41, 5.74) is 2.74. The fourth-order valence-electron chi connectivity index (χ4n) is 2.68. The third-order valence-electron chi connectivity index (χ3n) is 3.60. The molecule has 1 aromatic heterocycles. The molecule has 0 bridgehead atoms. The summed E-state index contributed by atoms with van der Waals surface area (Å²) in [5, 5.41) is 4.45. The molecular formula is C15H16ClNO. The van der Waals surface area contributed by atoms with Gasteiger partial charge in [0.1, 0.15) is 5.76 Å². The second-order valence-corrected chi connectivity index (χ2v) is 5.27. The smallest absolute Gasteiger partial charge is 0.120 e. The van der Waals surface area contributed by atoms with Crippen LogP contribution >= 0.6 is 11.6 Å². The highest BCUT2D eigenvalue weighted by Crippen LogP contribution is 2.34. The number of hydrogen-bond donors (Lipinski definition) is 1. The van der Waals surface area contributed by atoms with Gasteiger partial charge in [-0.2, -0.15) is 0 Å². The van der Waals surface area contributed by atoms with Gasteiger partial charge < -0.3 is 9.73 Å². The maximum Gasteiger partial charge on any atom is 0.120 e. The van der Waals surface area contributed by atoms with Crippen molar-refractivity contribution in [1.82, 2.24) is 5.32 Å². The summed E-state index contributed by atoms with van der Waals surface area (Å²) in [7, 11) is 0. The quantitative estimate of drug-likeness (QED) is 0.893. The first kappa shape index (κ1) is 11.8. The molecule has 2 atom stereocenters. The fraction of sp³-hybridized carbons (Fsp3) is 0.333. The summed E-state index contributed by atoms with van der Waals surface area (Å²) in [6, 6.07) is 10.8. The van der Waals surface area contributed by atoms with Crippen molar-refractivity contribution in [1.29, 1.82) is 0 Å². The Morgan fingerprint density at radius 2 is 2.28 bits per heavy atom. The summed E-state index contributed by atoms with van der Waals surface area (Å²) in [4.78, 5) is 0. The van der Waals surface area contributed by atoms with Crippen LogP contribution in [0.15, 0.2) is 41.0 Å². The van der Waals surface area contributed by atoms with Crippen LogP contribution in [0.3, 0.4) is 0 Å². The number of fused-ring (bicyclic) bond motifs is 1. The topological polar surface area (TPSA) is 25.2 Å². The van der Waals surface area contributed by atoms with E-state index in [1.807, 2.05) is 18.2 Å². The minimum Gasteiger partial charge on any atom is -0.468 e. The van der Waals surface area contributed by atoms with Crippen molar-refractivity contribution < 1.29 is 4.42 Å². The van der Waals surface area contributed by atoms with Gasteiger partial charge in [0.2, 0.25) is 0 Å². The van der Waals surface area contributed by atoms with Crippen LogP contribution in [0.2, 0.25) is 5.02 Å². The molecular weight excluding hydrogens is 246 g/mol. The molecule has 1 aliphatic rings. The number of hydrogen-bond acceptors (Lipinski definition) is 2. The number of halogens is 1. The van der Waals surface area contributed by atoms with E-state index in [0.717, 1.165) is 23.6 Å². The lowest BCUT2D eigenvalue weighted by atomic mass is 10.1.